The number of halogens is 2. The van der Waals surface area contributed by atoms with Crippen LogP contribution in [0, 0.1) is 0 Å². The van der Waals surface area contributed by atoms with Crippen LogP contribution in [0.3, 0.4) is 0 Å². The maximum atomic E-state index is 10.4. The first-order chi connectivity index (χ1) is 10.1. The van der Waals surface area contributed by atoms with Gasteiger partial charge in [0.15, 0.2) is 0 Å². The zero-order chi connectivity index (χ0) is 15.0. The van der Waals surface area contributed by atoms with Crippen LogP contribution in [0.5, 0.6) is 11.5 Å². The average Bonchev–Trinajstić information content (AvgIpc) is 2.47. The van der Waals surface area contributed by atoms with E-state index < -0.39 is 6.10 Å². The van der Waals surface area contributed by atoms with E-state index in [1.165, 1.54) is 0 Å². The van der Waals surface area contributed by atoms with E-state index in [1.807, 2.05) is 18.2 Å². The van der Waals surface area contributed by atoms with Crippen LogP contribution in [0.15, 0.2) is 40.9 Å². The van der Waals surface area contributed by atoms with Crippen molar-refractivity contribution in [2.75, 3.05) is 7.11 Å². The van der Waals surface area contributed by atoms with E-state index in [4.69, 9.17) is 21.1 Å². The molecule has 3 nitrogen and oxygen atoms in total. The largest absolute Gasteiger partial charge is 0.496 e. The lowest BCUT2D eigenvalue weighted by Crippen LogP contribution is -2.19. The second kappa shape index (κ2) is 5.87. The number of hydrogen-bond acceptors (Lipinski definition) is 3. The number of aliphatic hydroxyl groups excluding tert-OH is 1. The molecule has 1 heterocycles. The molecule has 1 unspecified atom stereocenters. The molecule has 2 atom stereocenters. The third-order valence-corrected chi connectivity index (χ3v) is 4.30. The molecule has 110 valence electrons. The summed E-state index contributed by atoms with van der Waals surface area (Å²) < 4.78 is 12.4. The molecule has 3 rings (SSSR count). The number of rotatable bonds is 2. The van der Waals surface area contributed by atoms with Crippen molar-refractivity contribution in [3.63, 3.8) is 0 Å². The fraction of sp³-hybridized carbons (Fsp3) is 0.250. The van der Waals surface area contributed by atoms with Gasteiger partial charge in [-0.1, -0.05) is 27.5 Å². The summed E-state index contributed by atoms with van der Waals surface area (Å²) in [5, 5.41) is 11.0. The molecule has 1 aliphatic rings. The van der Waals surface area contributed by atoms with Crippen LogP contribution in [0.1, 0.15) is 29.8 Å². The summed E-state index contributed by atoms with van der Waals surface area (Å²) in [5.41, 5.74) is 1.64. The molecule has 0 spiro atoms. The highest BCUT2D eigenvalue weighted by molar-refractivity contribution is 9.10. The van der Waals surface area contributed by atoms with E-state index in [9.17, 15) is 5.11 Å². The molecule has 0 saturated heterocycles. The summed E-state index contributed by atoms with van der Waals surface area (Å²) >= 11 is 9.43. The van der Waals surface area contributed by atoms with Gasteiger partial charge in [0.1, 0.15) is 17.6 Å². The Balaban J connectivity index is 1.99. The summed E-state index contributed by atoms with van der Waals surface area (Å²) in [5.74, 6) is 1.40. The second-order valence-electron chi connectivity index (χ2n) is 4.93. The summed E-state index contributed by atoms with van der Waals surface area (Å²) in [6, 6.07) is 11.0. The van der Waals surface area contributed by atoms with Crippen LogP contribution in [0.2, 0.25) is 5.02 Å². The van der Waals surface area contributed by atoms with Gasteiger partial charge in [-0.05, 0) is 36.4 Å². The fourth-order valence-corrected chi connectivity index (χ4v) is 3.12. The highest BCUT2D eigenvalue weighted by Crippen LogP contribution is 2.44. The molecule has 0 fully saturated rings. The zero-order valence-corrected chi connectivity index (χ0v) is 13.7. The van der Waals surface area contributed by atoms with Gasteiger partial charge >= 0.3 is 0 Å². The molecule has 0 saturated carbocycles. The minimum atomic E-state index is -0.610. The van der Waals surface area contributed by atoms with Crippen molar-refractivity contribution in [3.8, 4) is 11.5 Å². The van der Waals surface area contributed by atoms with Gasteiger partial charge in [-0.25, -0.2) is 0 Å². The molecule has 2 aromatic rings. The number of ether oxygens (including phenoxy) is 2. The zero-order valence-electron chi connectivity index (χ0n) is 11.3. The summed E-state index contributed by atoms with van der Waals surface area (Å²) in [4.78, 5) is 0. The van der Waals surface area contributed by atoms with Crippen molar-refractivity contribution in [2.45, 2.75) is 18.6 Å². The molecule has 0 bridgehead atoms. The lowest BCUT2D eigenvalue weighted by atomic mass is 9.94. The molecule has 1 aliphatic heterocycles. The van der Waals surface area contributed by atoms with Crippen molar-refractivity contribution in [2.24, 2.45) is 0 Å². The Bertz CT molecular complexity index is 675. The standard InChI is InChI=1S/C16H14BrClO3/c1-20-14-4-2-9(17)6-12(14)16-8-13(19)11-7-10(18)3-5-15(11)21-16/h2-7,13,16,19H,8H2,1H3/t13-,16?/m1/s1. The van der Waals surface area contributed by atoms with Crippen molar-refractivity contribution >= 4 is 27.5 Å². The first-order valence-electron chi connectivity index (χ1n) is 6.56. The Morgan fingerprint density at radius 1 is 1.24 bits per heavy atom. The Labute approximate surface area is 136 Å². The van der Waals surface area contributed by atoms with Gasteiger partial charge < -0.3 is 14.6 Å². The van der Waals surface area contributed by atoms with E-state index >= 15 is 0 Å². The Kier molecular flexibility index (Phi) is 4.11. The van der Waals surface area contributed by atoms with Crippen LogP contribution in [-0.4, -0.2) is 12.2 Å². The predicted molar refractivity (Wildman–Crippen MR) is 85.1 cm³/mol. The topological polar surface area (TPSA) is 38.7 Å². The van der Waals surface area contributed by atoms with Gasteiger partial charge in [0.25, 0.3) is 0 Å². The Morgan fingerprint density at radius 2 is 2.05 bits per heavy atom. The third-order valence-electron chi connectivity index (χ3n) is 3.58. The van der Waals surface area contributed by atoms with Gasteiger partial charge in [0.05, 0.1) is 13.2 Å². The van der Waals surface area contributed by atoms with Gasteiger partial charge in [-0.15, -0.1) is 0 Å². The molecular weight excluding hydrogens is 356 g/mol. The van der Waals surface area contributed by atoms with Crippen LogP contribution in [0.25, 0.3) is 0 Å². The van der Waals surface area contributed by atoms with E-state index in [0.717, 1.165) is 21.3 Å². The molecule has 0 aliphatic carbocycles. The molecule has 0 aromatic heterocycles. The molecule has 21 heavy (non-hydrogen) atoms. The third kappa shape index (κ3) is 2.89. The van der Waals surface area contributed by atoms with Crippen molar-refractivity contribution < 1.29 is 14.6 Å². The number of benzene rings is 2. The SMILES string of the molecule is COc1ccc(Br)cc1C1C[C@@H](O)c2cc(Cl)ccc2O1. The highest BCUT2D eigenvalue weighted by atomic mass is 79.9. The minimum absolute atomic E-state index is 0.263. The molecule has 1 N–H and O–H groups in total. The molecule has 2 aromatic carbocycles. The highest BCUT2D eigenvalue weighted by Gasteiger charge is 2.30. The monoisotopic (exact) mass is 368 g/mol. The smallest absolute Gasteiger partial charge is 0.130 e. The summed E-state index contributed by atoms with van der Waals surface area (Å²) in [7, 11) is 1.62. The van der Waals surface area contributed by atoms with E-state index in [1.54, 1.807) is 25.3 Å². The van der Waals surface area contributed by atoms with Gasteiger partial charge in [0, 0.05) is 27.0 Å². The summed E-state index contributed by atoms with van der Waals surface area (Å²) in [6.07, 6.45) is -0.414. The maximum Gasteiger partial charge on any atom is 0.130 e. The van der Waals surface area contributed by atoms with E-state index in [-0.39, 0.29) is 6.10 Å². The number of methoxy groups -OCH3 is 1. The van der Waals surface area contributed by atoms with Crippen molar-refractivity contribution in [1.82, 2.24) is 0 Å². The molecular formula is C16H14BrClO3. The fourth-order valence-electron chi connectivity index (χ4n) is 2.57. The predicted octanol–water partition coefficient (Wildman–Crippen LogP) is 4.67. The van der Waals surface area contributed by atoms with Crippen molar-refractivity contribution in [3.05, 3.63) is 57.0 Å². The molecule has 5 heteroatoms. The van der Waals surface area contributed by atoms with Gasteiger partial charge in [0.2, 0.25) is 0 Å². The Hall–Kier alpha value is -1.23. The Morgan fingerprint density at radius 3 is 2.81 bits per heavy atom. The van der Waals surface area contributed by atoms with Crippen molar-refractivity contribution in [1.29, 1.82) is 0 Å². The van der Waals surface area contributed by atoms with Crippen LogP contribution >= 0.6 is 27.5 Å². The van der Waals surface area contributed by atoms with Crippen LogP contribution in [-0.2, 0) is 0 Å². The number of aliphatic hydroxyl groups is 1. The quantitative estimate of drug-likeness (QED) is 0.836. The molecule has 0 amide bonds. The van der Waals surface area contributed by atoms with Gasteiger partial charge in [-0.3, -0.25) is 0 Å². The maximum absolute atomic E-state index is 10.4. The second-order valence-corrected chi connectivity index (χ2v) is 6.28. The van der Waals surface area contributed by atoms with E-state index in [2.05, 4.69) is 15.9 Å². The lowest BCUT2D eigenvalue weighted by molar-refractivity contribution is 0.0645. The normalized spacial score (nSPS) is 20.6. The van der Waals surface area contributed by atoms with E-state index in [0.29, 0.717) is 17.2 Å². The van der Waals surface area contributed by atoms with Crippen LogP contribution < -0.4 is 9.47 Å². The average molecular weight is 370 g/mol. The summed E-state index contributed by atoms with van der Waals surface area (Å²) in [6.45, 7) is 0. The minimum Gasteiger partial charge on any atom is -0.496 e. The lowest BCUT2D eigenvalue weighted by Gasteiger charge is -2.30. The molecule has 0 radical (unpaired) electrons. The number of fused-ring (bicyclic) bond motifs is 1. The number of hydrogen-bond donors (Lipinski definition) is 1. The first-order valence-corrected chi connectivity index (χ1v) is 7.73. The van der Waals surface area contributed by atoms with Gasteiger partial charge in [-0.2, -0.15) is 0 Å². The first kappa shape index (κ1) is 14.7. The van der Waals surface area contributed by atoms with Crippen LogP contribution in [0.4, 0.5) is 0 Å².